The van der Waals surface area contributed by atoms with Crippen LogP contribution < -0.4 is 10.5 Å². The molecule has 0 aliphatic heterocycles. The molecule has 0 atom stereocenters. The fourth-order valence-corrected chi connectivity index (χ4v) is 2.05. The van der Waals surface area contributed by atoms with Crippen molar-refractivity contribution in [3.63, 3.8) is 0 Å². The second-order valence-electron chi connectivity index (χ2n) is 6.30. The monoisotopic (exact) mass is 285 g/mol. The summed E-state index contributed by atoms with van der Waals surface area (Å²) in [5, 5.41) is 0. The lowest BCUT2D eigenvalue weighted by Crippen LogP contribution is -2.11. The summed E-state index contributed by atoms with van der Waals surface area (Å²) in [6.45, 7) is 11.0. The summed E-state index contributed by atoms with van der Waals surface area (Å²) < 4.78 is 5.79. The summed E-state index contributed by atoms with van der Waals surface area (Å²) >= 11 is 0. The second-order valence-corrected chi connectivity index (χ2v) is 6.30. The largest absolute Gasteiger partial charge is 0.424 e. The Morgan fingerprint density at radius 3 is 2.43 bits per heavy atom. The number of aromatic nitrogens is 2. The minimum absolute atomic E-state index is 0.124. The molecule has 112 valence electrons. The van der Waals surface area contributed by atoms with E-state index in [-0.39, 0.29) is 5.41 Å². The summed E-state index contributed by atoms with van der Waals surface area (Å²) in [6.07, 6.45) is 1.72. The van der Waals surface area contributed by atoms with Crippen LogP contribution in [-0.4, -0.2) is 9.97 Å². The van der Waals surface area contributed by atoms with Gasteiger partial charge in [0, 0.05) is 24.0 Å². The normalized spacial score (nSPS) is 11.5. The van der Waals surface area contributed by atoms with E-state index in [1.165, 1.54) is 5.56 Å². The van der Waals surface area contributed by atoms with Crippen molar-refractivity contribution in [3.8, 4) is 11.8 Å². The zero-order chi connectivity index (χ0) is 15.6. The van der Waals surface area contributed by atoms with E-state index in [1.54, 1.807) is 6.20 Å². The highest BCUT2D eigenvalue weighted by Crippen LogP contribution is 2.29. The number of nitrogens with two attached hydrogens (primary N) is 1. The summed E-state index contributed by atoms with van der Waals surface area (Å²) in [7, 11) is 0. The third-order valence-corrected chi connectivity index (χ3v) is 3.52. The van der Waals surface area contributed by atoms with Gasteiger partial charge in [0.15, 0.2) is 0 Å². The molecule has 0 fully saturated rings. The van der Waals surface area contributed by atoms with Gasteiger partial charge in [0.2, 0.25) is 0 Å². The van der Waals surface area contributed by atoms with Gasteiger partial charge in [-0.1, -0.05) is 32.9 Å². The smallest absolute Gasteiger partial charge is 0.322 e. The molecule has 0 aliphatic carbocycles. The van der Waals surface area contributed by atoms with Crippen LogP contribution in [0.5, 0.6) is 11.8 Å². The molecular formula is C17H23N3O. The molecule has 0 saturated carbocycles. The summed E-state index contributed by atoms with van der Waals surface area (Å²) in [5.74, 6) is 0.780. The van der Waals surface area contributed by atoms with Gasteiger partial charge in [-0.2, -0.15) is 4.98 Å². The molecule has 0 unspecified atom stereocenters. The van der Waals surface area contributed by atoms with Crippen LogP contribution in [0.3, 0.4) is 0 Å². The molecule has 0 bridgehead atoms. The SMILES string of the molecule is Cc1cc(C(C)(C)C)ccc1Oc1ncc(CN)c(C)n1. The molecule has 1 aromatic carbocycles. The molecule has 2 N–H and O–H groups in total. The van der Waals surface area contributed by atoms with Crippen LogP contribution in [0, 0.1) is 13.8 Å². The molecule has 4 nitrogen and oxygen atoms in total. The zero-order valence-corrected chi connectivity index (χ0v) is 13.4. The lowest BCUT2D eigenvalue weighted by Gasteiger charge is -2.20. The molecule has 0 aliphatic rings. The van der Waals surface area contributed by atoms with Crippen LogP contribution in [-0.2, 0) is 12.0 Å². The molecule has 4 heteroatoms. The molecule has 0 amide bonds. The van der Waals surface area contributed by atoms with Crippen molar-refractivity contribution in [3.05, 3.63) is 46.8 Å². The third-order valence-electron chi connectivity index (χ3n) is 3.52. The molecule has 21 heavy (non-hydrogen) atoms. The lowest BCUT2D eigenvalue weighted by molar-refractivity contribution is 0.435. The predicted octanol–water partition coefficient (Wildman–Crippen LogP) is 3.64. The Kier molecular flexibility index (Phi) is 4.28. The summed E-state index contributed by atoms with van der Waals surface area (Å²) in [5.41, 5.74) is 9.88. The van der Waals surface area contributed by atoms with Gasteiger partial charge < -0.3 is 10.5 Å². The highest BCUT2D eigenvalue weighted by Gasteiger charge is 2.15. The quantitative estimate of drug-likeness (QED) is 0.935. The molecule has 2 rings (SSSR count). The topological polar surface area (TPSA) is 61.0 Å². The van der Waals surface area contributed by atoms with Crippen molar-refractivity contribution >= 4 is 0 Å². The third kappa shape index (κ3) is 3.58. The zero-order valence-electron chi connectivity index (χ0n) is 13.4. The number of aryl methyl sites for hydroxylation is 2. The number of benzene rings is 1. The highest BCUT2D eigenvalue weighted by molar-refractivity contribution is 5.40. The summed E-state index contributed by atoms with van der Waals surface area (Å²) in [4.78, 5) is 8.54. The number of nitrogens with zero attached hydrogens (tertiary/aromatic N) is 2. The van der Waals surface area contributed by atoms with Gasteiger partial charge in [0.05, 0.1) is 0 Å². The lowest BCUT2D eigenvalue weighted by atomic mass is 9.86. The highest BCUT2D eigenvalue weighted by atomic mass is 16.5. The Balaban J connectivity index is 2.26. The molecular weight excluding hydrogens is 262 g/mol. The van der Waals surface area contributed by atoms with E-state index in [0.717, 1.165) is 22.6 Å². The van der Waals surface area contributed by atoms with Crippen molar-refractivity contribution in [2.24, 2.45) is 5.73 Å². The van der Waals surface area contributed by atoms with Gasteiger partial charge in [0.1, 0.15) is 5.75 Å². The fourth-order valence-electron chi connectivity index (χ4n) is 2.05. The average Bonchev–Trinajstić information content (AvgIpc) is 2.40. The van der Waals surface area contributed by atoms with E-state index in [9.17, 15) is 0 Å². The minimum atomic E-state index is 0.124. The van der Waals surface area contributed by atoms with Crippen LogP contribution in [0.2, 0.25) is 0 Å². The first-order valence-electron chi connectivity index (χ1n) is 7.13. The molecule has 0 spiro atoms. The number of rotatable bonds is 3. The first-order chi connectivity index (χ1) is 9.81. The van der Waals surface area contributed by atoms with Crippen molar-refractivity contribution < 1.29 is 4.74 Å². The first kappa shape index (κ1) is 15.4. The van der Waals surface area contributed by atoms with Gasteiger partial charge in [-0.3, -0.25) is 0 Å². The standard InChI is InChI=1S/C17H23N3O/c1-11-8-14(17(3,4)5)6-7-15(11)21-16-19-10-13(9-18)12(2)20-16/h6-8,10H,9,18H2,1-5H3. The van der Waals surface area contributed by atoms with Gasteiger partial charge in [0.25, 0.3) is 0 Å². The predicted molar refractivity (Wildman–Crippen MR) is 84.6 cm³/mol. The molecule has 0 radical (unpaired) electrons. The van der Waals surface area contributed by atoms with Crippen molar-refractivity contribution in [2.45, 2.75) is 46.6 Å². The Bertz CT molecular complexity index is 645. The maximum atomic E-state index is 5.79. The molecule has 1 aromatic heterocycles. The van der Waals surface area contributed by atoms with Crippen LogP contribution in [0.25, 0.3) is 0 Å². The molecule has 0 saturated heterocycles. The van der Waals surface area contributed by atoms with Gasteiger partial charge >= 0.3 is 6.01 Å². The van der Waals surface area contributed by atoms with E-state index >= 15 is 0 Å². The maximum Gasteiger partial charge on any atom is 0.322 e. The Morgan fingerprint density at radius 1 is 1.19 bits per heavy atom. The van der Waals surface area contributed by atoms with Crippen molar-refractivity contribution in [2.75, 3.05) is 0 Å². The Hall–Kier alpha value is -1.94. The van der Waals surface area contributed by atoms with Gasteiger partial charge in [-0.25, -0.2) is 4.98 Å². The van der Waals surface area contributed by atoms with Crippen LogP contribution in [0.15, 0.2) is 24.4 Å². The second kappa shape index (κ2) is 5.82. The van der Waals surface area contributed by atoms with E-state index in [2.05, 4.69) is 42.9 Å². The van der Waals surface area contributed by atoms with Gasteiger partial charge in [-0.05, 0) is 36.5 Å². The number of ether oxygens (including phenoxy) is 1. The van der Waals surface area contributed by atoms with Crippen molar-refractivity contribution in [1.82, 2.24) is 9.97 Å². The van der Waals surface area contributed by atoms with Crippen LogP contribution in [0.1, 0.15) is 43.2 Å². The first-order valence-corrected chi connectivity index (χ1v) is 7.13. The minimum Gasteiger partial charge on any atom is -0.424 e. The van der Waals surface area contributed by atoms with Crippen LogP contribution >= 0.6 is 0 Å². The number of hydrogen-bond donors (Lipinski definition) is 1. The fraction of sp³-hybridized carbons (Fsp3) is 0.412. The summed E-state index contributed by atoms with van der Waals surface area (Å²) in [6, 6.07) is 6.57. The Labute approximate surface area is 126 Å². The Morgan fingerprint density at radius 2 is 1.90 bits per heavy atom. The van der Waals surface area contributed by atoms with Crippen molar-refractivity contribution in [1.29, 1.82) is 0 Å². The number of hydrogen-bond acceptors (Lipinski definition) is 4. The maximum absolute atomic E-state index is 5.79. The van der Waals surface area contributed by atoms with E-state index in [1.807, 2.05) is 19.9 Å². The van der Waals surface area contributed by atoms with E-state index in [4.69, 9.17) is 10.5 Å². The van der Waals surface area contributed by atoms with Crippen LogP contribution in [0.4, 0.5) is 0 Å². The van der Waals surface area contributed by atoms with E-state index in [0.29, 0.717) is 12.6 Å². The van der Waals surface area contributed by atoms with Gasteiger partial charge in [-0.15, -0.1) is 0 Å². The molecule has 1 heterocycles. The average molecular weight is 285 g/mol. The van der Waals surface area contributed by atoms with E-state index < -0.39 is 0 Å². The molecule has 2 aromatic rings.